The first-order valence-electron chi connectivity index (χ1n) is 4.78. The topological polar surface area (TPSA) is 55.6 Å². The zero-order valence-corrected chi connectivity index (χ0v) is 8.81. The van der Waals surface area contributed by atoms with E-state index in [-0.39, 0.29) is 0 Å². The summed E-state index contributed by atoms with van der Waals surface area (Å²) in [5, 5.41) is 15.3. The second-order valence-electron chi connectivity index (χ2n) is 3.36. The summed E-state index contributed by atoms with van der Waals surface area (Å²) in [5.41, 5.74) is 2.03. The Morgan fingerprint density at radius 2 is 2.20 bits per heavy atom. The van der Waals surface area contributed by atoms with E-state index < -0.39 is 0 Å². The van der Waals surface area contributed by atoms with Crippen LogP contribution < -0.4 is 5.32 Å². The molecule has 5 nitrogen and oxygen atoms in total. The fourth-order valence-electron chi connectivity index (χ4n) is 1.29. The average molecular weight is 203 g/mol. The Hall–Kier alpha value is -1.75. The predicted octanol–water partition coefficient (Wildman–Crippen LogP) is 0.690. The van der Waals surface area contributed by atoms with Gasteiger partial charge in [-0.25, -0.2) is 4.68 Å². The molecule has 2 aromatic heterocycles. The number of rotatable bonds is 3. The summed E-state index contributed by atoms with van der Waals surface area (Å²) in [6.07, 6.45) is 3.76. The Kier molecular flexibility index (Phi) is 2.73. The first kappa shape index (κ1) is 9.79. The molecule has 0 spiro atoms. The molecule has 2 heterocycles. The molecule has 0 atom stereocenters. The van der Waals surface area contributed by atoms with Crippen LogP contribution in [0.2, 0.25) is 0 Å². The maximum absolute atomic E-state index is 4.21. The highest BCUT2D eigenvalue weighted by atomic mass is 15.3. The number of aryl methyl sites for hydroxylation is 1. The molecular weight excluding hydrogens is 190 g/mol. The third kappa shape index (κ3) is 2.19. The van der Waals surface area contributed by atoms with E-state index in [4.69, 9.17) is 0 Å². The lowest BCUT2D eigenvalue weighted by atomic mass is 10.4. The Labute approximate surface area is 88.1 Å². The SMILES string of the molecule is CNCc1cnn(-c2ccc(C)nn2)c1. The molecule has 0 aliphatic carbocycles. The Balaban J connectivity index is 2.25. The molecule has 0 saturated carbocycles. The van der Waals surface area contributed by atoms with Crippen molar-refractivity contribution >= 4 is 0 Å². The van der Waals surface area contributed by atoms with Crippen LogP contribution >= 0.6 is 0 Å². The van der Waals surface area contributed by atoms with Gasteiger partial charge in [-0.2, -0.15) is 10.2 Å². The van der Waals surface area contributed by atoms with Gasteiger partial charge in [-0.3, -0.25) is 0 Å². The molecule has 5 heteroatoms. The summed E-state index contributed by atoms with van der Waals surface area (Å²) in [5.74, 6) is 0.739. The highest BCUT2D eigenvalue weighted by Gasteiger charge is 2.01. The van der Waals surface area contributed by atoms with Gasteiger partial charge in [0.2, 0.25) is 0 Å². The molecule has 0 radical (unpaired) electrons. The summed E-state index contributed by atoms with van der Waals surface area (Å²) in [4.78, 5) is 0. The van der Waals surface area contributed by atoms with E-state index in [1.54, 1.807) is 4.68 Å². The van der Waals surface area contributed by atoms with Crippen LogP contribution in [0.5, 0.6) is 0 Å². The largest absolute Gasteiger partial charge is 0.316 e. The first-order valence-corrected chi connectivity index (χ1v) is 4.78. The van der Waals surface area contributed by atoms with Crippen LogP contribution in [-0.2, 0) is 6.54 Å². The minimum atomic E-state index is 0.739. The van der Waals surface area contributed by atoms with Crippen LogP contribution in [0.3, 0.4) is 0 Å². The molecule has 0 amide bonds. The minimum Gasteiger partial charge on any atom is -0.316 e. The highest BCUT2D eigenvalue weighted by Crippen LogP contribution is 2.04. The van der Waals surface area contributed by atoms with Gasteiger partial charge in [-0.1, -0.05) is 0 Å². The van der Waals surface area contributed by atoms with Gasteiger partial charge in [0.1, 0.15) is 0 Å². The number of nitrogens with one attached hydrogen (secondary N) is 1. The molecule has 0 fully saturated rings. The number of nitrogens with zero attached hydrogens (tertiary/aromatic N) is 4. The van der Waals surface area contributed by atoms with E-state index in [9.17, 15) is 0 Å². The predicted molar refractivity (Wildman–Crippen MR) is 56.7 cm³/mol. The Bertz CT molecular complexity index is 431. The summed E-state index contributed by atoms with van der Waals surface area (Å²) in [6, 6.07) is 3.82. The molecule has 15 heavy (non-hydrogen) atoms. The summed E-state index contributed by atoms with van der Waals surface area (Å²) in [6.45, 7) is 2.71. The monoisotopic (exact) mass is 203 g/mol. The first-order chi connectivity index (χ1) is 7.29. The third-order valence-electron chi connectivity index (χ3n) is 2.04. The minimum absolute atomic E-state index is 0.739. The molecule has 0 bridgehead atoms. The lowest BCUT2D eigenvalue weighted by Crippen LogP contribution is -2.04. The van der Waals surface area contributed by atoms with E-state index in [1.807, 2.05) is 38.5 Å². The zero-order chi connectivity index (χ0) is 10.7. The Morgan fingerprint density at radius 3 is 2.87 bits per heavy atom. The molecule has 78 valence electrons. The molecule has 2 rings (SSSR count). The lowest BCUT2D eigenvalue weighted by molar-refractivity contribution is 0.799. The lowest BCUT2D eigenvalue weighted by Gasteiger charge is -1.98. The van der Waals surface area contributed by atoms with Crippen molar-refractivity contribution in [3.05, 3.63) is 35.8 Å². The third-order valence-corrected chi connectivity index (χ3v) is 2.04. The van der Waals surface area contributed by atoms with Gasteiger partial charge < -0.3 is 5.32 Å². The van der Waals surface area contributed by atoms with Crippen LogP contribution in [0, 0.1) is 6.92 Å². The molecule has 0 unspecified atom stereocenters. The van der Waals surface area contributed by atoms with Crippen molar-refractivity contribution in [1.82, 2.24) is 25.3 Å². The van der Waals surface area contributed by atoms with E-state index in [1.165, 1.54) is 0 Å². The quantitative estimate of drug-likeness (QED) is 0.797. The van der Waals surface area contributed by atoms with Crippen LogP contribution in [-0.4, -0.2) is 27.0 Å². The summed E-state index contributed by atoms with van der Waals surface area (Å²) in [7, 11) is 1.91. The van der Waals surface area contributed by atoms with E-state index in [0.29, 0.717) is 0 Å². The molecular formula is C10H13N5. The fourth-order valence-corrected chi connectivity index (χ4v) is 1.29. The molecule has 0 aliphatic heterocycles. The fraction of sp³-hybridized carbons (Fsp3) is 0.300. The summed E-state index contributed by atoms with van der Waals surface area (Å²) < 4.78 is 1.72. The smallest absolute Gasteiger partial charge is 0.175 e. The summed E-state index contributed by atoms with van der Waals surface area (Å²) >= 11 is 0. The average Bonchev–Trinajstić information content (AvgIpc) is 2.68. The van der Waals surface area contributed by atoms with Gasteiger partial charge in [0.25, 0.3) is 0 Å². The molecule has 1 N–H and O–H groups in total. The van der Waals surface area contributed by atoms with Crippen molar-refractivity contribution in [3.63, 3.8) is 0 Å². The van der Waals surface area contributed by atoms with Gasteiger partial charge in [0.15, 0.2) is 5.82 Å². The molecule has 2 aromatic rings. The van der Waals surface area contributed by atoms with Crippen LogP contribution in [0.15, 0.2) is 24.5 Å². The molecule has 0 saturated heterocycles. The highest BCUT2D eigenvalue weighted by molar-refractivity contribution is 5.21. The maximum atomic E-state index is 4.21. The second kappa shape index (κ2) is 4.18. The van der Waals surface area contributed by atoms with Crippen molar-refractivity contribution in [2.24, 2.45) is 0 Å². The van der Waals surface area contributed by atoms with Crippen molar-refractivity contribution in [2.75, 3.05) is 7.05 Å². The maximum Gasteiger partial charge on any atom is 0.175 e. The van der Waals surface area contributed by atoms with Gasteiger partial charge in [-0.05, 0) is 26.1 Å². The zero-order valence-electron chi connectivity index (χ0n) is 8.81. The van der Waals surface area contributed by atoms with Gasteiger partial charge >= 0.3 is 0 Å². The van der Waals surface area contributed by atoms with Crippen LogP contribution in [0.25, 0.3) is 5.82 Å². The van der Waals surface area contributed by atoms with E-state index >= 15 is 0 Å². The Morgan fingerprint density at radius 1 is 1.33 bits per heavy atom. The van der Waals surface area contributed by atoms with E-state index in [2.05, 4.69) is 20.6 Å². The van der Waals surface area contributed by atoms with Crippen molar-refractivity contribution in [2.45, 2.75) is 13.5 Å². The normalized spacial score (nSPS) is 10.5. The number of hydrogen-bond acceptors (Lipinski definition) is 4. The van der Waals surface area contributed by atoms with Crippen molar-refractivity contribution in [3.8, 4) is 5.82 Å². The van der Waals surface area contributed by atoms with Crippen molar-refractivity contribution < 1.29 is 0 Å². The molecule has 0 aromatic carbocycles. The van der Waals surface area contributed by atoms with Crippen molar-refractivity contribution in [1.29, 1.82) is 0 Å². The van der Waals surface area contributed by atoms with Gasteiger partial charge in [0, 0.05) is 18.3 Å². The second-order valence-corrected chi connectivity index (χ2v) is 3.36. The van der Waals surface area contributed by atoms with E-state index in [0.717, 1.165) is 23.6 Å². The van der Waals surface area contributed by atoms with Gasteiger partial charge in [-0.15, -0.1) is 5.10 Å². The van der Waals surface area contributed by atoms with Crippen LogP contribution in [0.4, 0.5) is 0 Å². The van der Waals surface area contributed by atoms with Crippen LogP contribution in [0.1, 0.15) is 11.3 Å². The standard InChI is InChI=1S/C10H13N5/c1-8-3-4-10(14-13-8)15-7-9(5-11-2)6-12-15/h3-4,6-7,11H,5H2,1-2H3. The van der Waals surface area contributed by atoms with Gasteiger partial charge in [0.05, 0.1) is 11.9 Å². The number of aromatic nitrogens is 4. The number of hydrogen-bond donors (Lipinski definition) is 1. The molecule has 0 aliphatic rings.